The van der Waals surface area contributed by atoms with Crippen LogP contribution in [0.4, 0.5) is 5.69 Å². The molecule has 1 fully saturated rings. The molecule has 0 radical (unpaired) electrons. The number of hydrogen-bond donors (Lipinski definition) is 1. The second-order valence-corrected chi connectivity index (χ2v) is 7.63. The lowest BCUT2D eigenvalue weighted by Crippen LogP contribution is -2.32. The summed E-state index contributed by atoms with van der Waals surface area (Å²) in [6.07, 6.45) is 2.00. The summed E-state index contributed by atoms with van der Waals surface area (Å²) < 4.78 is 5.53. The zero-order chi connectivity index (χ0) is 21.1. The van der Waals surface area contributed by atoms with E-state index in [1.54, 1.807) is 12.1 Å². The van der Waals surface area contributed by atoms with E-state index in [9.17, 15) is 9.59 Å². The van der Waals surface area contributed by atoms with Gasteiger partial charge in [0.05, 0.1) is 6.42 Å². The van der Waals surface area contributed by atoms with Crippen molar-refractivity contribution in [3.05, 3.63) is 65.5 Å². The molecule has 7 heteroatoms. The molecule has 3 aromatic rings. The van der Waals surface area contributed by atoms with Crippen LogP contribution in [0.1, 0.15) is 42.8 Å². The third-order valence-corrected chi connectivity index (χ3v) is 5.21. The van der Waals surface area contributed by atoms with Crippen LogP contribution in [0.15, 0.2) is 53.1 Å². The van der Waals surface area contributed by atoms with Crippen molar-refractivity contribution in [2.45, 2.75) is 39.2 Å². The first kappa shape index (κ1) is 19.8. The number of amides is 2. The predicted molar refractivity (Wildman–Crippen MR) is 113 cm³/mol. The summed E-state index contributed by atoms with van der Waals surface area (Å²) in [6, 6.07) is 15.1. The first-order chi connectivity index (χ1) is 14.5. The molecule has 1 saturated heterocycles. The van der Waals surface area contributed by atoms with Crippen molar-refractivity contribution in [3.63, 3.8) is 0 Å². The van der Waals surface area contributed by atoms with E-state index in [1.807, 2.05) is 48.2 Å². The van der Waals surface area contributed by atoms with Crippen LogP contribution in [0, 0.1) is 6.92 Å². The van der Waals surface area contributed by atoms with E-state index in [0.29, 0.717) is 23.9 Å². The van der Waals surface area contributed by atoms with Crippen molar-refractivity contribution in [3.8, 4) is 11.4 Å². The largest absolute Gasteiger partial charge is 0.337 e. The van der Waals surface area contributed by atoms with E-state index in [0.717, 1.165) is 29.5 Å². The molecule has 154 valence electrons. The van der Waals surface area contributed by atoms with Gasteiger partial charge in [0.1, 0.15) is 6.04 Å². The topological polar surface area (TPSA) is 88.3 Å². The first-order valence-electron chi connectivity index (χ1n) is 10.1. The van der Waals surface area contributed by atoms with Gasteiger partial charge >= 0.3 is 0 Å². The average Bonchev–Trinajstić information content (AvgIpc) is 3.38. The fourth-order valence-electron chi connectivity index (χ4n) is 3.78. The van der Waals surface area contributed by atoms with Crippen molar-refractivity contribution in [1.82, 2.24) is 15.0 Å². The van der Waals surface area contributed by atoms with E-state index in [-0.39, 0.29) is 24.3 Å². The number of hydrogen-bond acceptors (Lipinski definition) is 5. The minimum atomic E-state index is -0.192. The Bertz CT molecular complexity index is 1060. The first-order valence-corrected chi connectivity index (χ1v) is 10.1. The molecular formula is C23H24N4O3. The van der Waals surface area contributed by atoms with Gasteiger partial charge in [-0.3, -0.25) is 9.59 Å². The predicted octanol–water partition coefficient (Wildman–Crippen LogP) is 3.91. The van der Waals surface area contributed by atoms with E-state index in [4.69, 9.17) is 4.52 Å². The van der Waals surface area contributed by atoms with Crippen LogP contribution in [0.25, 0.3) is 11.4 Å². The number of carbonyl (C=O) groups is 2. The standard InChI is InChI=1S/C23H24N4O3/c1-15-5-3-6-18(13-15)22-25-23(30-26-22)20-7-4-12-27(20)21(29)14-17-8-10-19(11-9-17)24-16(2)28/h3,5-6,8-11,13,20H,4,7,12,14H2,1-2H3,(H,24,28). The van der Waals surface area contributed by atoms with E-state index < -0.39 is 0 Å². The second kappa shape index (κ2) is 8.49. The van der Waals surface area contributed by atoms with Crippen LogP contribution in [-0.2, 0) is 16.0 Å². The van der Waals surface area contributed by atoms with Crippen LogP contribution in [0.3, 0.4) is 0 Å². The molecule has 7 nitrogen and oxygen atoms in total. The lowest BCUT2D eigenvalue weighted by Gasteiger charge is -2.22. The molecule has 1 aliphatic heterocycles. The number of rotatable bonds is 5. The zero-order valence-corrected chi connectivity index (χ0v) is 17.1. The highest BCUT2D eigenvalue weighted by atomic mass is 16.5. The van der Waals surface area contributed by atoms with Gasteiger partial charge in [-0.1, -0.05) is 41.1 Å². The number of nitrogens with one attached hydrogen (secondary N) is 1. The number of likely N-dealkylation sites (tertiary alicyclic amines) is 1. The van der Waals surface area contributed by atoms with Crippen LogP contribution >= 0.6 is 0 Å². The lowest BCUT2D eigenvalue weighted by atomic mass is 10.1. The molecule has 0 spiro atoms. The fraction of sp³-hybridized carbons (Fsp3) is 0.304. The molecule has 1 aliphatic rings. The van der Waals surface area contributed by atoms with Gasteiger partial charge < -0.3 is 14.7 Å². The molecule has 1 atom stereocenters. The highest BCUT2D eigenvalue weighted by Gasteiger charge is 2.34. The Labute approximate surface area is 175 Å². The quantitative estimate of drug-likeness (QED) is 0.697. The molecule has 2 aromatic carbocycles. The van der Waals surface area contributed by atoms with Gasteiger partial charge in [0.2, 0.25) is 23.5 Å². The Morgan fingerprint density at radius 1 is 1.20 bits per heavy atom. The van der Waals surface area contributed by atoms with Crippen LogP contribution in [0.5, 0.6) is 0 Å². The number of aromatic nitrogens is 2. The number of aryl methyl sites for hydroxylation is 1. The summed E-state index contributed by atoms with van der Waals surface area (Å²) in [5.41, 5.74) is 3.64. The molecular weight excluding hydrogens is 380 g/mol. The van der Waals surface area contributed by atoms with Crippen molar-refractivity contribution in [2.75, 3.05) is 11.9 Å². The number of benzene rings is 2. The SMILES string of the molecule is CC(=O)Nc1ccc(CC(=O)N2CCCC2c2nc(-c3cccc(C)c3)no2)cc1. The smallest absolute Gasteiger partial charge is 0.249 e. The number of anilines is 1. The number of nitrogens with zero attached hydrogens (tertiary/aromatic N) is 3. The average molecular weight is 404 g/mol. The molecule has 30 heavy (non-hydrogen) atoms. The molecule has 0 saturated carbocycles. The third-order valence-electron chi connectivity index (χ3n) is 5.21. The maximum absolute atomic E-state index is 12.9. The Morgan fingerprint density at radius 3 is 2.73 bits per heavy atom. The van der Waals surface area contributed by atoms with E-state index >= 15 is 0 Å². The summed E-state index contributed by atoms with van der Waals surface area (Å²) in [5.74, 6) is 0.934. The normalized spacial score (nSPS) is 15.9. The minimum Gasteiger partial charge on any atom is -0.337 e. The molecule has 0 aliphatic carbocycles. The maximum Gasteiger partial charge on any atom is 0.249 e. The van der Waals surface area contributed by atoms with Gasteiger partial charge in [-0.15, -0.1) is 0 Å². The van der Waals surface area contributed by atoms with Crippen LogP contribution in [0.2, 0.25) is 0 Å². The minimum absolute atomic E-state index is 0.0279. The molecule has 2 amide bonds. The van der Waals surface area contributed by atoms with Crippen molar-refractivity contribution in [1.29, 1.82) is 0 Å². The summed E-state index contributed by atoms with van der Waals surface area (Å²) in [5, 5.41) is 6.85. The van der Waals surface area contributed by atoms with Crippen molar-refractivity contribution in [2.24, 2.45) is 0 Å². The Morgan fingerprint density at radius 2 is 2.00 bits per heavy atom. The highest BCUT2D eigenvalue weighted by molar-refractivity contribution is 5.88. The Hall–Kier alpha value is -3.48. The monoisotopic (exact) mass is 404 g/mol. The fourth-order valence-corrected chi connectivity index (χ4v) is 3.78. The molecule has 1 aromatic heterocycles. The molecule has 1 N–H and O–H groups in total. The summed E-state index contributed by atoms with van der Waals surface area (Å²) >= 11 is 0. The molecule has 0 bridgehead atoms. The van der Waals surface area contributed by atoms with Gasteiger partial charge in [-0.05, 0) is 43.5 Å². The van der Waals surface area contributed by atoms with Crippen LogP contribution in [-0.4, -0.2) is 33.4 Å². The highest BCUT2D eigenvalue weighted by Crippen LogP contribution is 2.32. The van der Waals surface area contributed by atoms with Gasteiger partial charge in [-0.25, -0.2) is 0 Å². The maximum atomic E-state index is 12.9. The van der Waals surface area contributed by atoms with E-state index in [1.165, 1.54) is 6.92 Å². The molecule has 1 unspecified atom stereocenters. The summed E-state index contributed by atoms with van der Waals surface area (Å²) in [6.45, 7) is 4.16. The number of carbonyl (C=O) groups excluding carboxylic acids is 2. The zero-order valence-electron chi connectivity index (χ0n) is 17.1. The summed E-state index contributed by atoms with van der Waals surface area (Å²) in [7, 11) is 0. The summed E-state index contributed by atoms with van der Waals surface area (Å²) in [4.78, 5) is 30.5. The van der Waals surface area contributed by atoms with Gasteiger partial charge in [-0.2, -0.15) is 4.98 Å². The van der Waals surface area contributed by atoms with Gasteiger partial charge in [0, 0.05) is 24.7 Å². The van der Waals surface area contributed by atoms with Gasteiger partial charge in [0.15, 0.2) is 0 Å². The molecule has 4 rings (SSSR count). The van der Waals surface area contributed by atoms with Crippen molar-refractivity contribution < 1.29 is 14.1 Å². The van der Waals surface area contributed by atoms with Gasteiger partial charge in [0.25, 0.3) is 0 Å². The third kappa shape index (κ3) is 4.40. The van der Waals surface area contributed by atoms with Crippen molar-refractivity contribution >= 4 is 17.5 Å². The molecule has 2 heterocycles. The Kier molecular flexibility index (Phi) is 5.61. The van der Waals surface area contributed by atoms with Crippen LogP contribution < -0.4 is 5.32 Å². The second-order valence-electron chi connectivity index (χ2n) is 7.63. The lowest BCUT2D eigenvalue weighted by molar-refractivity contribution is -0.131. The Balaban J connectivity index is 1.46. The van der Waals surface area contributed by atoms with E-state index in [2.05, 4.69) is 15.5 Å².